The Balaban J connectivity index is 1.11. The van der Waals surface area contributed by atoms with Gasteiger partial charge in [0, 0.05) is 36.7 Å². The van der Waals surface area contributed by atoms with Crippen molar-refractivity contribution in [3.63, 3.8) is 0 Å². The molecule has 0 radical (unpaired) electrons. The molecular weight excluding hydrogens is 743 g/mol. The molecule has 0 aromatic heterocycles. The topological polar surface area (TPSA) is 180 Å². The Morgan fingerprint density at radius 1 is 0.797 bits per heavy atom. The number of rotatable bonds is 23. The van der Waals surface area contributed by atoms with Gasteiger partial charge >= 0.3 is 7.12 Å². The molecule has 59 heavy (non-hydrogen) atoms. The first kappa shape index (κ1) is 46.4. The summed E-state index contributed by atoms with van der Waals surface area (Å²) in [5.74, 6) is -2.19. The molecule has 1 heterocycles. The fourth-order valence-electron chi connectivity index (χ4n) is 9.69. The van der Waals surface area contributed by atoms with Crippen LogP contribution in [0.3, 0.4) is 0 Å². The van der Waals surface area contributed by atoms with Gasteiger partial charge in [0.05, 0.1) is 23.8 Å². The Morgan fingerprint density at radius 3 is 2.00 bits per heavy atom. The van der Waals surface area contributed by atoms with Crippen molar-refractivity contribution in [1.82, 2.24) is 10.6 Å². The first-order chi connectivity index (χ1) is 28.1. The average molecular weight is 813 g/mol. The molecule has 1 aliphatic heterocycles. The molecule has 2 bridgehead atoms. The number of ketones is 3. The summed E-state index contributed by atoms with van der Waals surface area (Å²) in [5, 5.41) is 5.68. The highest BCUT2D eigenvalue weighted by atomic mass is 16.7. The van der Waals surface area contributed by atoms with Gasteiger partial charge in [0.1, 0.15) is 0 Å². The summed E-state index contributed by atoms with van der Waals surface area (Å²) in [5.41, 5.74) is 15.4. The van der Waals surface area contributed by atoms with E-state index in [0.717, 1.165) is 43.2 Å². The Hall–Kier alpha value is -3.71. The number of amides is 2. The van der Waals surface area contributed by atoms with E-state index in [1.54, 1.807) is 19.1 Å². The lowest BCUT2D eigenvalue weighted by Gasteiger charge is -2.64. The number of aryl methyl sites for hydroxylation is 1. The molecule has 3 saturated carbocycles. The minimum atomic E-state index is -0.941. The van der Waals surface area contributed by atoms with E-state index in [1.165, 1.54) is 5.56 Å². The zero-order chi connectivity index (χ0) is 43.1. The van der Waals surface area contributed by atoms with Crippen molar-refractivity contribution in [3.05, 3.63) is 59.7 Å². The van der Waals surface area contributed by atoms with Crippen molar-refractivity contribution in [3.8, 4) is 11.1 Å². The number of unbranched alkanes of at least 4 members (excludes halogenated alkanes) is 1. The molecule has 3 aliphatic carbocycles. The van der Waals surface area contributed by atoms with Crippen molar-refractivity contribution in [2.24, 2.45) is 40.6 Å². The molecule has 11 nitrogen and oxygen atoms in total. The predicted octanol–water partition coefficient (Wildman–Crippen LogP) is 6.64. The van der Waals surface area contributed by atoms with Crippen molar-refractivity contribution in [2.75, 3.05) is 13.1 Å². The van der Waals surface area contributed by atoms with Crippen LogP contribution in [0.1, 0.15) is 129 Å². The molecule has 4 aliphatic rings. The highest BCUT2D eigenvalue weighted by Crippen LogP contribution is 2.66. The van der Waals surface area contributed by atoms with Gasteiger partial charge in [-0.1, -0.05) is 96.5 Å². The molecule has 9 atom stereocenters. The third kappa shape index (κ3) is 10.8. The second-order valence-corrected chi connectivity index (χ2v) is 18.4. The van der Waals surface area contributed by atoms with Gasteiger partial charge in [-0.05, 0) is 105 Å². The number of Topliss-reactive ketones (excluding diaryl/α,β-unsaturated/α-hetero) is 3. The van der Waals surface area contributed by atoms with E-state index in [1.807, 2.05) is 26.0 Å². The van der Waals surface area contributed by atoms with Crippen LogP contribution in [0.5, 0.6) is 0 Å². The number of hydrogen-bond donors (Lipinski definition) is 4. The lowest BCUT2D eigenvalue weighted by molar-refractivity contribution is -0.199. The van der Waals surface area contributed by atoms with Gasteiger partial charge in [0.15, 0.2) is 17.3 Å². The first-order valence-electron chi connectivity index (χ1n) is 22.2. The molecule has 6 N–H and O–H groups in total. The Labute approximate surface area is 352 Å². The summed E-state index contributed by atoms with van der Waals surface area (Å²) in [6.07, 6.45) is 6.27. The fraction of sp³-hybridized carbons (Fsp3) is 0.638. The molecule has 12 heteroatoms. The van der Waals surface area contributed by atoms with E-state index in [4.69, 9.17) is 20.8 Å². The molecular formula is C47H69BN4O7. The van der Waals surface area contributed by atoms with Crippen LogP contribution in [-0.4, -0.2) is 73.2 Å². The third-order valence-corrected chi connectivity index (χ3v) is 13.8. The van der Waals surface area contributed by atoms with Crippen LogP contribution in [0, 0.1) is 29.1 Å². The highest BCUT2D eigenvalue weighted by molar-refractivity contribution is 6.47. The number of nitrogens with two attached hydrogens (primary N) is 2. The summed E-state index contributed by atoms with van der Waals surface area (Å²) >= 11 is 0. The van der Waals surface area contributed by atoms with Crippen molar-refractivity contribution >= 4 is 36.3 Å². The fourth-order valence-corrected chi connectivity index (χ4v) is 9.69. The first-order valence-corrected chi connectivity index (χ1v) is 22.2. The molecule has 4 fully saturated rings. The van der Waals surface area contributed by atoms with Gasteiger partial charge in [-0.2, -0.15) is 0 Å². The molecule has 1 unspecified atom stereocenters. The van der Waals surface area contributed by atoms with Gasteiger partial charge in [0.2, 0.25) is 11.8 Å². The van der Waals surface area contributed by atoms with Crippen LogP contribution in [-0.2, 0) is 34.9 Å². The third-order valence-electron chi connectivity index (χ3n) is 13.8. The smallest absolute Gasteiger partial charge is 0.405 e. The second kappa shape index (κ2) is 20.2. The van der Waals surface area contributed by atoms with Crippen molar-refractivity contribution in [2.45, 2.75) is 149 Å². The number of carbonyl (C=O) groups excluding carboxylic acids is 5. The highest BCUT2D eigenvalue weighted by Gasteiger charge is 2.68. The standard InChI is InChI=1S/C47H69BN4O7/c1-8-10-11-31-12-14-32(15-13-31)33-16-18-34(19-17-33)39(53)26-35(20-22-49)45(57)52-38(21-23-50)40(54)24-29(3)44(56)51-37(9-2)41(55)25-30(4)48-58-43-28-36-27-42(46(36,5)6)47(43,7)59-48/h12-19,29-30,35-38,42-43H,8-11,20-28,49-50H2,1-7H3,(H,51,56)(H,52,57)/t29-,30-,35-,36+,37+,38+,42+,43?,47+/m1/s1. The van der Waals surface area contributed by atoms with Crippen molar-refractivity contribution in [1.29, 1.82) is 0 Å². The van der Waals surface area contributed by atoms with Crippen molar-refractivity contribution < 1.29 is 33.3 Å². The lowest BCUT2D eigenvalue weighted by atomic mass is 9.43. The van der Waals surface area contributed by atoms with E-state index >= 15 is 0 Å². The number of nitrogens with one attached hydrogen (secondary N) is 2. The SMILES string of the molecule is CCCCc1ccc(-c2ccc(C(=O)C[C@@H](CCN)C(=O)N[C@@H](CCN)C(=O)C[C@@H](C)C(=O)N[C@@H](CC)C(=O)C[C@@H](C)B3OC4C[C@@H]5C[C@@H](C5(C)C)[C@]4(C)O3)cc2)cc1. The molecule has 322 valence electrons. The summed E-state index contributed by atoms with van der Waals surface area (Å²) in [7, 11) is -0.485. The van der Waals surface area contributed by atoms with Crippen LogP contribution in [0.2, 0.25) is 5.82 Å². The van der Waals surface area contributed by atoms with Crippen LogP contribution < -0.4 is 22.1 Å². The average Bonchev–Trinajstić information content (AvgIpc) is 3.59. The number of hydrogen-bond acceptors (Lipinski definition) is 9. The summed E-state index contributed by atoms with van der Waals surface area (Å²) in [4.78, 5) is 67.4. The Kier molecular flexibility index (Phi) is 15.9. The van der Waals surface area contributed by atoms with E-state index in [-0.39, 0.29) is 85.5 Å². The predicted molar refractivity (Wildman–Crippen MR) is 232 cm³/mol. The molecule has 2 amide bonds. The Morgan fingerprint density at radius 2 is 1.41 bits per heavy atom. The van der Waals surface area contributed by atoms with E-state index in [2.05, 4.69) is 62.6 Å². The normalized spacial score (nSPS) is 24.2. The largest absolute Gasteiger partial charge is 0.461 e. The maximum atomic E-state index is 13.6. The van der Waals surface area contributed by atoms with Gasteiger partial charge in [-0.15, -0.1) is 0 Å². The molecule has 6 rings (SSSR count). The maximum absolute atomic E-state index is 13.6. The number of carbonyl (C=O) groups is 5. The number of benzene rings is 2. The quantitative estimate of drug-likeness (QED) is 0.0708. The van der Waals surface area contributed by atoms with Gasteiger partial charge in [-0.25, -0.2) is 0 Å². The summed E-state index contributed by atoms with van der Waals surface area (Å²) in [6.45, 7) is 14.7. The van der Waals surface area contributed by atoms with Crippen LogP contribution >= 0.6 is 0 Å². The van der Waals surface area contributed by atoms with Crippen LogP contribution in [0.15, 0.2) is 48.5 Å². The maximum Gasteiger partial charge on any atom is 0.461 e. The molecule has 1 saturated heterocycles. The van der Waals surface area contributed by atoms with E-state index < -0.39 is 42.9 Å². The second-order valence-electron chi connectivity index (χ2n) is 18.4. The summed E-state index contributed by atoms with van der Waals surface area (Å²) < 4.78 is 13.0. The molecule has 0 spiro atoms. The van der Waals surface area contributed by atoms with Crippen LogP contribution in [0.25, 0.3) is 11.1 Å². The molecule has 2 aromatic carbocycles. The van der Waals surface area contributed by atoms with Gasteiger partial charge in [-0.3, -0.25) is 24.0 Å². The van der Waals surface area contributed by atoms with Gasteiger partial charge in [0.25, 0.3) is 0 Å². The van der Waals surface area contributed by atoms with E-state index in [0.29, 0.717) is 23.8 Å². The summed E-state index contributed by atoms with van der Waals surface area (Å²) in [6, 6.07) is 14.2. The zero-order valence-electron chi connectivity index (χ0n) is 36.5. The van der Waals surface area contributed by atoms with Gasteiger partial charge < -0.3 is 31.4 Å². The molecule has 2 aromatic rings. The van der Waals surface area contributed by atoms with E-state index in [9.17, 15) is 24.0 Å². The minimum Gasteiger partial charge on any atom is -0.405 e. The minimum absolute atomic E-state index is 0.0244. The zero-order valence-corrected chi connectivity index (χ0v) is 36.5. The lowest BCUT2D eigenvalue weighted by Crippen LogP contribution is -2.65. The monoisotopic (exact) mass is 813 g/mol. The Bertz CT molecular complexity index is 1780. The van der Waals surface area contributed by atoms with Crippen LogP contribution in [0.4, 0.5) is 0 Å².